The van der Waals surface area contributed by atoms with E-state index in [1.54, 1.807) is 11.3 Å². The fourth-order valence-corrected chi connectivity index (χ4v) is 3.43. The first kappa shape index (κ1) is 12.2. The highest BCUT2D eigenvalue weighted by molar-refractivity contribution is 7.16. The summed E-state index contributed by atoms with van der Waals surface area (Å²) < 4.78 is 6.24. The van der Waals surface area contributed by atoms with Gasteiger partial charge >= 0.3 is 0 Å². The van der Waals surface area contributed by atoms with Crippen molar-refractivity contribution in [1.82, 2.24) is 0 Å². The van der Waals surface area contributed by atoms with Gasteiger partial charge in [0.05, 0.1) is 23.6 Å². The van der Waals surface area contributed by atoms with Crippen LogP contribution in [0.4, 0.5) is 0 Å². The summed E-state index contributed by atoms with van der Waals surface area (Å²) in [4.78, 5) is 1.11. The molecule has 0 radical (unpaired) electrons. The second-order valence-electron chi connectivity index (χ2n) is 4.60. The number of hydrogen-bond donors (Lipinski definition) is 1. The Labute approximate surface area is 115 Å². The summed E-state index contributed by atoms with van der Waals surface area (Å²) in [6.45, 7) is 3.42. The zero-order valence-electron chi connectivity index (χ0n) is 10.1. The predicted octanol–water partition coefficient (Wildman–Crippen LogP) is 3.79. The smallest absolute Gasteiger partial charge is 0.0961 e. The molecule has 0 spiro atoms. The van der Waals surface area contributed by atoms with Gasteiger partial charge in [0.25, 0.3) is 0 Å². The van der Waals surface area contributed by atoms with Crippen molar-refractivity contribution in [2.45, 2.75) is 26.2 Å². The van der Waals surface area contributed by atoms with Crippen LogP contribution in [0.2, 0.25) is 4.34 Å². The third-order valence-electron chi connectivity index (χ3n) is 3.29. The van der Waals surface area contributed by atoms with Crippen molar-refractivity contribution in [3.63, 3.8) is 0 Å². The van der Waals surface area contributed by atoms with E-state index in [1.807, 2.05) is 6.92 Å². The average molecular weight is 280 g/mol. The Morgan fingerprint density at radius 1 is 1.28 bits per heavy atom. The van der Waals surface area contributed by atoms with Gasteiger partial charge in [0, 0.05) is 4.88 Å². The summed E-state index contributed by atoms with van der Waals surface area (Å²) in [5.41, 5.74) is 11.0. The second-order valence-corrected chi connectivity index (χ2v) is 6.29. The zero-order valence-corrected chi connectivity index (χ0v) is 11.6. The van der Waals surface area contributed by atoms with E-state index < -0.39 is 0 Å². The molecular weight excluding hydrogens is 266 g/mol. The Morgan fingerprint density at radius 2 is 2.06 bits per heavy atom. The molecule has 1 aliphatic heterocycles. The minimum absolute atomic E-state index is 0.105. The van der Waals surface area contributed by atoms with E-state index in [2.05, 4.69) is 24.3 Å². The van der Waals surface area contributed by atoms with E-state index in [4.69, 9.17) is 22.1 Å². The molecule has 3 rings (SSSR count). The highest BCUT2D eigenvalue weighted by atomic mass is 35.5. The molecule has 0 aliphatic carbocycles. The molecule has 2 nitrogen and oxygen atoms in total. The van der Waals surface area contributed by atoms with Crippen molar-refractivity contribution in [1.29, 1.82) is 0 Å². The standard InChI is InChI=1S/C14H14ClNOS/c1-8-4-12(18-14(8)15)13(16)9-2-3-10-6-17-7-11(10)5-9/h2-5,13H,6-7,16H2,1H3. The molecule has 0 amide bonds. The minimum Gasteiger partial charge on any atom is -0.372 e. The lowest BCUT2D eigenvalue weighted by molar-refractivity contribution is 0.134. The monoisotopic (exact) mass is 279 g/mol. The number of nitrogens with two attached hydrogens (primary N) is 1. The number of rotatable bonds is 2. The molecule has 1 aromatic carbocycles. The van der Waals surface area contributed by atoms with Gasteiger partial charge in [-0.15, -0.1) is 11.3 Å². The fraction of sp³-hybridized carbons (Fsp3) is 0.286. The number of hydrogen-bond acceptors (Lipinski definition) is 3. The molecule has 2 N–H and O–H groups in total. The third-order valence-corrected chi connectivity index (χ3v) is 4.93. The zero-order chi connectivity index (χ0) is 12.7. The quantitative estimate of drug-likeness (QED) is 0.908. The van der Waals surface area contributed by atoms with E-state index >= 15 is 0 Å². The summed E-state index contributed by atoms with van der Waals surface area (Å²) >= 11 is 7.66. The van der Waals surface area contributed by atoms with Gasteiger partial charge < -0.3 is 10.5 Å². The van der Waals surface area contributed by atoms with Gasteiger partial charge in [-0.2, -0.15) is 0 Å². The van der Waals surface area contributed by atoms with Crippen molar-refractivity contribution >= 4 is 22.9 Å². The number of benzene rings is 1. The molecule has 1 unspecified atom stereocenters. The molecule has 1 aromatic heterocycles. The highest BCUT2D eigenvalue weighted by Gasteiger charge is 2.17. The topological polar surface area (TPSA) is 35.2 Å². The third kappa shape index (κ3) is 2.08. The lowest BCUT2D eigenvalue weighted by atomic mass is 10.0. The molecule has 0 bridgehead atoms. The molecule has 2 aromatic rings. The summed E-state index contributed by atoms with van der Waals surface area (Å²) in [7, 11) is 0. The maximum absolute atomic E-state index is 6.30. The van der Waals surface area contributed by atoms with Gasteiger partial charge in [0.15, 0.2) is 0 Å². The van der Waals surface area contributed by atoms with Gasteiger partial charge in [-0.05, 0) is 35.2 Å². The molecular formula is C14H14ClNOS. The molecule has 4 heteroatoms. The lowest BCUT2D eigenvalue weighted by Crippen LogP contribution is -2.10. The van der Waals surface area contributed by atoms with E-state index in [9.17, 15) is 0 Å². The molecule has 2 heterocycles. The Kier molecular flexibility index (Phi) is 3.16. The van der Waals surface area contributed by atoms with Gasteiger partial charge in [0.2, 0.25) is 0 Å². The molecule has 1 aliphatic rings. The summed E-state index contributed by atoms with van der Waals surface area (Å²) in [5, 5.41) is 0. The molecule has 0 saturated heterocycles. The number of halogens is 1. The van der Waals surface area contributed by atoms with E-state index in [-0.39, 0.29) is 6.04 Å². The second kappa shape index (κ2) is 4.67. The van der Waals surface area contributed by atoms with E-state index in [0.717, 1.165) is 26.9 Å². The predicted molar refractivity (Wildman–Crippen MR) is 75.0 cm³/mol. The van der Waals surface area contributed by atoms with Crippen LogP contribution in [0.5, 0.6) is 0 Å². The van der Waals surface area contributed by atoms with Gasteiger partial charge in [-0.1, -0.05) is 29.8 Å². The Balaban J connectivity index is 1.94. The summed E-state index contributed by atoms with van der Waals surface area (Å²) in [5.74, 6) is 0. The molecule has 1 atom stereocenters. The van der Waals surface area contributed by atoms with Crippen LogP contribution in [-0.2, 0) is 18.0 Å². The van der Waals surface area contributed by atoms with Crippen LogP contribution in [0.3, 0.4) is 0 Å². The largest absolute Gasteiger partial charge is 0.372 e. The maximum atomic E-state index is 6.30. The number of aryl methyl sites for hydroxylation is 1. The average Bonchev–Trinajstić information content (AvgIpc) is 2.95. The van der Waals surface area contributed by atoms with Gasteiger partial charge in [-0.25, -0.2) is 0 Å². The SMILES string of the molecule is Cc1cc(C(N)c2ccc3c(c2)COC3)sc1Cl. The summed E-state index contributed by atoms with van der Waals surface area (Å²) in [6, 6.07) is 8.31. The van der Waals surface area contributed by atoms with Gasteiger partial charge in [0.1, 0.15) is 0 Å². The van der Waals surface area contributed by atoms with Crippen LogP contribution < -0.4 is 5.73 Å². The van der Waals surface area contributed by atoms with Crippen molar-refractivity contribution in [2.24, 2.45) is 5.73 Å². The molecule has 0 saturated carbocycles. The first-order valence-corrected chi connectivity index (χ1v) is 7.05. The normalized spacial score (nSPS) is 15.7. The van der Waals surface area contributed by atoms with Crippen LogP contribution >= 0.6 is 22.9 Å². The summed E-state index contributed by atoms with van der Waals surface area (Å²) in [6.07, 6.45) is 0. The van der Waals surface area contributed by atoms with Gasteiger partial charge in [-0.3, -0.25) is 0 Å². The van der Waals surface area contributed by atoms with Crippen LogP contribution in [0, 0.1) is 6.92 Å². The number of thiophene rings is 1. The van der Waals surface area contributed by atoms with E-state index in [1.165, 1.54) is 11.1 Å². The van der Waals surface area contributed by atoms with E-state index in [0.29, 0.717) is 6.61 Å². The van der Waals surface area contributed by atoms with Crippen LogP contribution in [0.15, 0.2) is 24.3 Å². The molecule has 0 fully saturated rings. The van der Waals surface area contributed by atoms with Crippen molar-refractivity contribution < 1.29 is 4.74 Å². The Morgan fingerprint density at radius 3 is 2.78 bits per heavy atom. The minimum atomic E-state index is -0.105. The lowest BCUT2D eigenvalue weighted by Gasteiger charge is -2.11. The maximum Gasteiger partial charge on any atom is 0.0961 e. The van der Waals surface area contributed by atoms with Crippen molar-refractivity contribution in [3.05, 3.63) is 55.7 Å². The Bertz CT molecular complexity index is 574. The Hall–Kier alpha value is -0.870. The molecule has 94 valence electrons. The molecule has 18 heavy (non-hydrogen) atoms. The van der Waals surface area contributed by atoms with Crippen LogP contribution in [0.25, 0.3) is 0 Å². The van der Waals surface area contributed by atoms with Crippen molar-refractivity contribution in [3.8, 4) is 0 Å². The first-order chi connectivity index (χ1) is 8.65. The van der Waals surface area contributed by atoms with Crippen LogP contribution in [0.1, 0.15) is 33.2 Å². The number of fused-ring (bicyclic) bond motifs is 1. The fourth-order valence-electron chi connectivity index (χ4n) is 2.19. The highest BCUT2D eigenvalue weighted by Crippen LogP contribution is 2.34. The first-order valence-electron chi connectivity index (χ1n) is 5.86. The van der Waals surface area contributed by atoms with Crippen LogP contribution in [-0.4, -0.2) is 0 Å². The number of ether oxygens (including phenoxy) is 1. The van der Waals surface area contributed by atoms with Crippen molar-refractivity contribution in [2.75, 3.05) is 0 Å².